The Morgan fingerprint density at radius 2 is 2.08 bits per heavy atom. The van der Waals surface area contributed by atoms with Gasteiger partial charge in [-0.05, 0) is 48.8 Å². The fraction of sp³-hybridized carbons (Fsp3) is 0.633. The largest absolute Gasteiger partial charge is 0.458 e. The highest BCUT2D eigenvalue weighted by Crippen LogP contribution is 2.72. The molecule has 0 aromatic carbocycles. The number of hydrogen-bond acceptors (Lipinski definition) is 8. The molecule has 1 saturated heterocycles. The lowest BCUT2D eigenvalue weighted by Gasteiger charge is -2.62. The number of aliphatic hydroxyl groups excluding tert-OH is 1. The van der Waals surface area contributed by atoms with Gasteiger partial charge in [-0.25, -0.2) is 8.78 Å². The van der Waals surface area contributed by atoms with Crippen molar-refractivity contribution in [3.63, 3.8) is 0 Å². The van der Waals surface area contributed by atoms with Crippen LogP contribution in [0.25, 0.3) is 0 Å². The van der Waals surface area contributed by atoms with E-state index in [1.165, 1.54) is 12.2 Å². The van der Waals surface area contributed by atoms with Gasteiger partial charge in [-0.15, -0.1) is 11.3 Å². The van der Waals surface area contributed by atoms with Crippen molar-refractivity contribution in [2.45, 2.75) is 76.8 Å². The lowest BCUT2D eigenvalue weighted by molar-refractivity contribution is -0.267. The van der Waals surface area contributed by atoms with E-state index < -0.39 is 64.2 Å². The van der Waals surface area contributed by atoms with E-state index in [1.807, 2.05) is 24.4 Å². The van der Waals surface area contributed by atoms with E-state index in [1.54, 1.807) is 30.2 Å². The SMILES string of the molecule is CCC(=O)OCC(=O)[C@@]12ON(Cc3cccs3)C[C@@H]1C[C@H]1[C@@H]3CC(F)=C4CC(=O)C=C[C@]4(C)[C@@]3(F)[C@@H](O)C[C@@]12C. The molecule has 7 nitrogen and oxygen atoms in total. The van der Waals surface area contributed by atoms with Gasteiger partial charge in [0.2, 0.25) is 5.78 Å². The molecular formula is C30H35F2NO6S. The number of nitrogens with zero attached hydrogens (tertiary/aromatic N) is 1. The first kappa shape index (κ1) is 27.9. The van der Waals surface area contributed by atoms with Crippen molar-refractivity contribution in [1.29, 1.82) is 0 Å². The Bertz CT molecular complexity index is 1310. The van der Waals surface area contributed by atoms with E-state index in [0.29, 0.717) is 19.5 Å². The first-order chi connectivity index (χ1) is 18.9. The topological polar surface area (TPSA) is 93.1 Å². The zero-order chi connectivity index (χ0) is 28.7. The molecule has 3 fully saturated rings. The number of fused-ring (bicyclic) bond motifs is 7. The van der Waals surface area contributed by atoms with Crippen molar-refractivity contribution < 1.29 is 37.8 Å². The molecule has 8 atom stereocenters. The van der Waals surface area contributed by atoms with Crippen LogP contribution in [-0.4, -0.2) is 58.2 Å². The molecule has 0 amide bonds. The van der Waals surface area contributed by atoms with Crippen molar-refractivity contribution in [2.24, 2.45) is 28.6 Å². The Kier molecular flexibility index (Phi) is 6.53. The minimum absolute atomic E-state index is 0.0895. The fourth-order valence-electron chi connectivity index (χ4n) is 8.82. The van der Waals surface area contributed by atoms with Crippen molar-refractivity contribution in [3.05, 3.63) is 45.9 Å². The summed E-state index contributed by atoms with van der Waals surface area (Å²) in [4.78, 5) is 45.8. The van der Waals surface area contributed by atoms with Gasteiger partial charge in [0, 0.05) is 53.4 Å². The summed E-state index contributed by atoms with van der Waals surface area (Å²) in [5.41, 5.74) is -6.13. The van der Waals surface area contributed by atoms with Gasteiger partial charge in [-0.3, -0.25) is 19.2 Å². The van der Waals surface area contributed by atoms with Crippen LogP contribution in [0.2, 0.25) is 0 Å². The third-order valence-corrected chi connectivity index (χ3v) is 11.5. The van der Waals surface area contributed by atoms with Gasteiger partial charge in [-0.2, -0.15) is 5.06 Å². The molecule has 1 N–H and O–H groups in total. The van der Waals surface area contributed by atoms with Crippen molar-refractivity contribution in [2.75, 3.05) is 13.2 Å². The number of thiophene rings is 1. The number of carbonyl (C=O) groups excluding carboxylic acids is 3. The van der Waals surface area contributed by atoms with Crippen LogP contribution >= 0.6 is 11.3 Å². The van der Waals surface area contributed by atoms with Gasteiger partial charge in [0.1, 0.15) is 5.83 Å². The fourth-order valence-corrected chi connectivity index (χ4v) is 9.53. The first-order valence-electron chi connectivity index (χ1n) is 14.0. The second-order valence-corrected chi connectivity index (χ2v) is 13.5. The predicted octanol–water partition coefficient (Wildman–Crippen LogP) is 4.65. The van der Waals surface area contributed by atoms with Crippen LogP contribution in [-0.2, 0) is 30.5 Å². The Morgan fingerprint density at radius 1 is 1.30 bits per heavy atom. The summed E-state index contributed by atoms with van der Waals surface area (Å²) >= 11 is 1.57. The van der Waals surface area contributed by atoms with Crippen LogP contribution in [0.4, 0.5) is 8.78 Å². The van der Waals surface area contributed by atoms with E-state index >= 15 is 8.78 Å². The minimum atomic E-state index is -2.23. The van der Waals surface area contributed by atoms with Crippen LogP contribution in [0, 0.1) is 28.6 Å². The number of ketones is 2. The summed E-state index contributed by atoms with van der Waals surface area (Å²) < 4.78 is 38.6. The number of aliphatic hydroxyl groups is 1. The van der Waals surface area contributed by atoms with Crippen LogP contribution in [0.3, 0.4) is 0 Å². The molecule has 0 bridgehead atoms. The van der Waals surface area contributed by atoms with Crippen LogP contribution in [0.15, 0.2) is 41.1 Å². The number of esters is 1. The highest BCUT2D eigenvalue weighted by molar-refractivity contribution is 7.09. The van der Waals surface area contributed by atoms with Crippen LogP contribution in [0.5, 0.6) is 0 Å². The first-order valence-corrected chi connectivity index (χ1v) is 14.9. The van der Waals surface area contributed by atoms with Gasteiger partial charge in [-0.1, -0.05) is 26.0 Å². The molecule has 1 aromatic heterocycles. The van der Waals surface area contributed by atoms with Gasteiger partial charge >= 0.3 is 5.97 Å². The molecule has 0 radical (unpaired) electrons. The summed E-state index contributed by atoms with van der Waals surface area (Å²) in [6.07, 6.45) is 1.14. The molecule has 6 rings (SSSR count). The molecule has 0 unspecified atom stereocenters. The highest BCUT2D eigenvalue weighted by atomic mass is 32.1. The average Bonchev–Trinajstić information content (AvgIpc) is 3.61. The normalized spacial score (nSPS) is 42.3. The van der Waals surface area contributed by atoms with Crippen molar-refractivity contribution in [1.82, 2.24) is 5.06 Å². The molecular weight excluding hydrogens is 540 g/mol. The van der Waals surface area contributed by atoms with E-state index in [9.17, 15) is 19.5 Å². The second-order valence-electron chi connectivity index (χ2n) is 12.5. The van der Waals surface area contributed by atoms with Crippen molar-refractivity contribution in [3.8, 4) is 0 Å². The molecule has 2 saturated carbocycles. The van der Waals surface area contributed by atoms with Gasteiger partial charge < -0.3 is 9.84 Å². The number of carbonyl (C=O) groups is 3. The minimum Gasteiger partial charge on any atom is -0.458 e. The Labute approximate surface area is 236 Å². The molecule has 216 valence electrons. The quantitative estimate of drug-likeness (QED) is 0.494. The molecule has 2 heterocycles. The summed E-state index contributed by atoms with van der Waals surface area (Å²) in [6.45, 7) is 5.42. The third kappa shape index (κ3) is 3.58. The Hall–Kier alpha value is -2.27. The maximum atomic E-state index is 17.6. The molecule has 1 aromatic rings. The van der Waals surface area contributed by atoms with E-state index in [-0.39, 0.29) is 43.0 Å². The maximum Gasteiger partial charge on any atom is 0.305 e. The molecule has 4 aliphatic carbocycles. The zero-order valence-corrected chi connectivity index (χ0v) is 23.8. The van der Waals surface area contributed by atoms with Gasteiger partial charge in [0.25, 0.3) is 0 Å². The monoisotopic (exact) mass is 575 g/mol. The molecule has 0 spiro atoms. The Balaban J connectivity index is 1.41. The maximum absolute atomic E-state index is 17.6. The molecule has 1 aliphatic heterocycles. The number of allylic oxidation sites excluding steroid dienone is 4. The van der Waals surface area contributed by atoms with Crippen LogP contribution in [0.1, 0.15) is 57.8 Å². The number of hydrogen-bond donors (Lipinski definition) is 1. The lowest BCUT2D eigenvalue weighted by atomic mass is 9.45. The standard InChI is InChI=1S/C30H35F2NO6S/c1-4-26(37)38-16-25(36)30-17(14-33(39-30)15-19-6-5-9-40-19)10-20-21-12-23(31)22-11-18(34)7-8-27(22,2)29(21,32)24(35)13-28(20,30)3/h5-9,17,20-21,24,35H,4,10-16H2,1-3H3/t17-,20-,21-,24-,27-,28-,29-,30-/m0/s1. The van der Waals surface area contributed by atoms with Gasteiger partial charge in [0.05, 0.1) is 12.6 Å². The number of Topliss-reactive ketones (excluding diaryl/α,β-unsaturated/α-hetero) is 1. The zero-order valence-electron chi connectivity index (χ0n) is 23.0. The molecule has 40 heavy (non-hydrogen) atoms. The molecule has 10 heteroatoms. The summed E-state index contributed by atoms with van der Waals surface area (Å²) in [5.74, 6) is -3.52. The summed E-state index contributed by atoms with van der Waals surface area (Å²) in [7, 11) is 0. The summed E-state index contributed by atoms with van der Waals surface area (Å²) in [6, 6.07) is 3.91. The lowest BCUT2D eigenvalue weighted by Crippen LogP contribution is -2.69. The van der Waals surface area contributed by atoms with E-state index in [4.69, 9.17) is 9.57 Å². The summed E-state index contributed by atoms with van der Waals surface area (Å²) in [5, 5.41) is 15.4. The Morgan fingerprint density at radius 3 is 2.77 bits per heavy atom. The smallest absolute Gasteiger partial charge is 0.305 e. The van der Waals surface area contributed by atoms with Crippen LogP contribution < -0.4 is 0 Å². The average molecular weight is 576 g/mol. The number of hydroxylamine groups is 2. The second kappa shape index (κ2) is 9.37. The number of rotatable bonds is 6. The van der Waals surface area contributed by atoms with E-state index in [2.05, 4.69) is 0 Å². The number of ether oxygens (including phenoxy) is 1. The molecule has 5 aliphatic rings. The predicted molar refractivity (Wildman–Crippen MR) is 142 cm³/mol. The van der Waals surface area contributed by atoms with Gasteiger partial charge in [0.15, 0.2) is 23.7 Å². The third-order valence-electron chi connectivity index (χ3n) is 10.7. The van der Waals surface area contributed by atoms with E-state index in [0.717, 1.165) is 4.88 Å². The van der Waals surface area contributed by atoms with Crippen molar-refractivity contribution >= 4 is 28.9 Å². The number of alkyl halides is 1. The highest BCUT2D eigenvalue weighted by Gasteiger charge is 2.79. The number of halogens is 2.